The second-order valence-electron chi connectivity index (χ2n) is 2.84. The summed E-state index contributed by atoms with van der Waals surface area (Å²) in [6.45, 7) is 0. The molecule has 1 aromatic rings. The summed E-state index contributed by atoms with van der Waals surface area (Å²) in [7, 11) is 1.10. The summed E-state index contributed by atoms with van der Waals surface area (Å²) < 4.78 is 41.5. The van der Waals surface area contributed by atoms with Crippen LogP contribution in [0.25, 0.3) is 0 Å². The van der Waals surface area contributed by atoms with Crippen molar-refractivity contribution in [2.45, 2.75) is 11.5 Å². The molecule has 88 valence electrons. The van der Waals surface area contributed by atoms with Gasteiger partial charge in [0.1, 0.15) is 0 Å². The number of alkyl halides is 4. The molecule has 0 saturated carbocycles. The van der Waals surface area contributed by atoms with Crippen LogP contribution in [0.5, 0.6) is 0 Å². The number of aromatic nitrogens is 1. The molecule has 3 nitrogen and oxygen atoms in total. The molecule has 1 heterocycles. The highest BCUT2D eigenvalue weighted by atomic mass is 79.9. The molecular weight excluding hydrogens is 291 g/mol. The van der Waals surface area contributed by atoms with Crippen LogP contribution in [0.1, 0.15) is 21.6 Å². The van der Waals surface area contributed by atoms with Crippen molar-refractivity contribution in [2.75, 3.05) is 7.11 Å². The minimum Gasteiger partial charge on any atom is -0.465 e. The van der Waals surface area contributed by atoms with E-state index in [1.165, 1.54) is 0 Å². The van der Waals surface area contributed by atoms with E-state index in [1.54, 1.807) is 0 Å². The first kappa shape index (κ1) is 13.0. The van der Waals surface area contributed by atoms with Crippen molar-refractivity contribution in [3.63, 3.8) is 0 Å². The van der Waals surface area contributed by atoms with Crippen LogP contribution >= 0.6 is 15.9 Å². The molecule has 1 rings (SSSR count). The number of halogens is 4. The van der Waals surface area contributed by atoms with E-state index >= 15 is 0 Å². The van der Waals surface area contributed by atoms with Crippen LogP contribution in [0.4, 0.5) is 13.2 Å². The Balaban J connectivity index is 3.27. The number of pyridine rings is 1. The molecule has 0 saturated heterocycles. The zero-order chi connectivity index (χ0) is 12.3. The van der Waals surface area contributed by atoms with Crippen LogP contribution in [0.3, 0.4) is 0 Å². The molecule has 7 heteroatoms. The third-order valence-corrected chi connectivity index (χ3v) is 2.36. The molecule has 0 aliphatic heterocycles. The molecule has 0 N–H and O–H groups in total. The lowest BCUT2D eigenvalue weighted by atomic mass is 10.1. The lowest BCUT2D eigenvalue weighted by Crippen LogP contribution is -2.12. The van der Waals surface area contributed by atoms with Gasteiger partial charge in [0.15, 0.2) is 0 Å². The number of nitrogens with zero attached hydrogens (tertiary/aromatic N) is 1. The molecule has 1 aromatic heterocycles. The van der Waals surface area contributed by atoms with Crippen molar-refractivity contribution in [1.82, 2.24) is 4.98 Å². The Kier molecular flexibility index (Phi) is 3.90. The maximum atomic E-state index is 12.4. The van der Waals surface area contributed by atoms with E-state index in [-0.39, 0.29) is 16.6 Å². The van der Waals surface area contributed by atoms with Crippen molar-refractivity contribution >= 4 is 21.9 Å². The molecule has 0 aliphatic carbocycles. The lowest BCUT2D eigenvalue weighted by Gasteiger charge is -2.09. The fraction of sp³-hybridized carbons (Fsp3) is 0.333. The molecular formula is C9H7BrF3NO2. The number of rotatable bonds is 2. The van der Waals surface area contributed by atoms with Crippen molar-refractivity contribution in [2.24, 2.45) is 0 Å². The van der Waals surface area contributed by atoms with Crippen LogP contribution in [0.2, 0.25) is 0 Å². The Labute approximate surface area is 97.8 Å². The first-order valence-corrected chi connectivity index (χ1v) is 5.22. The van der Waals surface area contributed by atoms with Crippen molar-refractivity contribution in [3.05, 3.63) is 29.1 Å². The molecule has 0 bridgehead atoms. The van der Waals surface area contributed by atoms with E-state index in [1.807, 2.05) is 0 Å². The first-order chi connectivity index (χ1) is 7.40. The SMILES string of the molecule is COC(=O)c1cc(C(F)(F)F)cnc1CBr. The zero-order valence-electron chi connectivity index (χ0n) is 8.14. The Morgan fingerprint density at radius 1 is 1.56 bits per heavy atom. The van der Waals surface area contributed by atoms with Gasteiger partial charge in [-0.3, -0.25) is 4.98 Å². The Hall–Kier alpha value is -1.11. The first-order valence-electron chi connectivity index (χ1n) is 4.10. The molecule has 0 spiro atoms. The summed E-state index contributed by atoms with van der Waals surface area (Å²) in [6, 6.07) is 0.732. The molecule has 16 heavy (non-hydrogen) atoms. The summed E-state index contributed by atoms with van der Waals surface area (Å²) in [5.41, 5.74) is -0.952. The summed E-state index contributed by atoms with van der Waals surface area (Å²) >= 11 is 3.03. The predicted octanol–water partition coefficient (Wildman–Crippen LogP) is 2.78. The van der Waals surface area contributed by atoms with Gasteiger partial charge >= 0.3 is 12.1 Å². The predicted molar refractivity (Wildman–Crippen MR) is 53.2 cm³/mol. The smallest absolute Gasteiger partial charge is 0.417 e. The fourth-order valence-electron chi connectivity index (χ4n) is 1.04. The van der Waals surface area contributed by atoms with Crippen molar-refractivity contribution < 1.29 is 22.7 Å². The number of carbonyl (C=O) groups excluding carboxylic acids is 1. The van der Waals surface area contributed by atoms with Gasteiger partial charge < -0.3 is 4.74 Å². The number of carbonyl (C=O) groups is 1. The van der Waals surface area contributed by atoms with Gasteiger partial charge in [0, 0.05) is 11.5 Å². The van der Waals surface area contributed by atoms with Gasteiger partial charge in [-0.1, -0.05) is 15.9 Å². The average molecular weight is 298 g/mol. The van der Waals surface area contributed by atoms with E-state index in [0.717, 1.165) is 13.2 Å². The second-order valence-corrected chi connectivity index (χ2v) is 3.40. The summed E-state index contributed by atoms with van der Waals surface area (Å²) in [5.74, 6) is -0.840. The molecule has 0 unspecified atom stereocenters. The summed E-state index contributed by atoms with van der Waals surface area (Å²) in [4.78, 5) is 14.8. The molecule has 0 aromatic carbocycles. The van der Waals surface area contributed by atoms with Gasteiger partial charge in [-0.2, -0.15) is 13.2 Å². The molecule has 0 radical (unpaired) electrons. The standard InChI is InChI=1S/C9H7BrF3NO2/c1-16-8(15)6-2-5(9(11,12)13)4-14-7(6)3-10/h2,4H,3H2,1H3. The third-order valence-electron chi connectivity index (χ3n) is 1.83. The Morgan fingerprint density at radius 3 is 2.62 bits per heavy atom. The maximum absolute atomic E-state index is 12.4. The van der Waals surface area contributed by atoms with Crippen molar-refractivity contribution in [3.8, 4) is 0 Å². The minimum atomic E-state index is -4.53. The number of esters is 1. The third kappa shape index (κ3) is 2.72. The monoisotopic (exact) mass is 297 g/mol. The maximum Gasteiger partial charge on any atom is 0.417 e. The van der Waals surface area contributed by atoms with Crippen LogP contribution < -0.4 is 0 Å². The molecule has 0 aliphatic rings. The van der Waals surface area contributed by atoms with E-state index in [0.29, 0.717) is 6.20 Å². The van der Waals surface area contributed by atoms with Crippen molar-refractivity contribution in [1.29, 1.82) is 0 Å². The van der Waals surface area contributed by atoms with E-state index in [4.69, 9.17) is 0 Å². The summed E-state index contributed by atoms with van der Waals surface area (Å²) in [5, 5.41) is 0.176. The highest BCUT2D eigenvalue weighted by molar-refractivity contribution is 9.08. The van der Waals surface area contributed by atoms with Crippen LogP contribution in [0, 0.1) is 0 Å². The highest BCUT2D eigenvalue weighted by Gasteiger charge is 2.32. The van der Waals surface area contributed by atoms with E-state index in [2.05, 4.69) is 25.7 Å². The fourth-order valence-corrected chi connectivity index (χ4v) is 1.49. The normalized spacial score (nSPS) is 11.3. The molecule has 0 atom stereocenters. The van der Waals surface area contributed by atoms with Gasteiger partial charge in [0.2, 0.25) is 0 Å². The zero-order valence-corrected chi connectivity index (χ0v) is 9.72. The van der Waals surface area contributed by atoms with E-state index in [9.17, 15) is 18.0 Å². The Morgan fingerprint density at radius 2 is 2.19 bits per heavy atom. The number of hydrogen-bond acceptors (Lipinski definition) is 3. The van der Waals surface area contributed by atoms with Gasteiger partial charge in [0.25, 0.3) is 0 Å². The van der Waals surface area contributed by atoms with E-state index < -0.39 is 17.7 Å². The largest absolute Gasteiger partial charge is 0.465 e. The topological polar surface area (TPSA) is 39.2 Å². The van der Waals surface area contributed by atoms with Crippen LogP contribution in [0.15, 0.2) is 12.3 Å². The van der Waals surface area contributed by atoms with Gasteiger partial charge in [-0.05, 0) is 6.07 Å². The molecule has 0 fully saturated rings. The van der Waals surface area contributed by atoms with Gasteiger partial charge in [-0.15, -0.1) is 0 Å². The van der Waals surface area contributed by atoms with Gasteiger partial charge in [0.05, 0.1) is 23.9 Å². The quantitative estimate of drug-likeness (QED) is 0.622. The Bertz CT molecular complexity index is 406. The number of ether oxygens (including phenoxy) is 1. The molecule has 0 amide bonds. The van der Waals surface area contributed by atoms with Crippen LogP contribution in [-0.2, 0) is 16.2 Å². The second kappa shape index (κ2) is 4.82. The lowest BCUT2D eigenvalue weighted by molar-refractivity contribution is -0.137. The summed E-state index contributed by atoms with van der Waals surface area (Å²) in [6.07, 6.45) is -3.84. The number of hydrogen-bond donors (Lipinski definition) is 0. The van der Waals surface area contributed by atoms with Crippen LogP contribution in [-0.4, -0.2) is 18.1 Å². The van der Waals surface area contributed by atoms with Gasteiger partial charge in [-0.25, -0.2) is 4.79 Å². The highest BCUT2D eigenvalue weighted by Crippen LogP contribution is 2.30. The minimum absolute atomic E-state index is 0.176. The average Bonchev–Trinajstić information content (AvgIpc) is 2.25. The number of methoxy groups -OCH3 is 1.